The van der Waals surface area contributed by atoms with Crippen LogP contribution in [-0.4, -0.2) is 28.2 Å². The van der Waals surface area contributed by atoms with Gasteiger partial charge in [-0.1, -0.05) is 17.7 Å². The summed E-state index contributed by atoms with van der Waals surface area (Å²) in [4.78, 5) is 0.235. The Hall–Kier alpha value is -2.48. The minimum absolute atomic E-state index is 0.210. The molecule has 0 aliphatic rings. The summed E-state index contributed by atoms with van der Waals surface area (Å²) in [7, 11) is -3.68. The third-order valence-corrected chi connectivity index (χ3v) is 4.54. The third-order valence-electron chi connectivity index (χ3n) is 3.02. The smallest absolute Gasteiger partial charge is 0.262 e. The lowest BCUT2D eigenvalue weighted by atomic mass is 10.2. The Bertz CT molecular complexity index is 917. The number of hydrogen-bond acceptors (Lipinski definition) is 5. The molecule has 108 valence electrons. The molecule has 0 aliphatic heterocycles. The summed E-state index contributed by atoms with van der Waals surface area (Å²) in [6.07, 6.45) is 1.41. The van der Waals surface area contributed by atoms with E-state index in [-0.39, 0.29) is 10.7 Å². The summed E-state index contributed by atoms with van der Waals surface area (Å²) in [5, 5.41) is 11.6. The molecule has 0 fully saturated rings. The SMILES string of the molecule is Cc1ccc(S(=O)(=O)Nc2ccc3nncn3n2)c(C)c1. The van der Waals surface area contributed by atoms with Crippen molar-refractivity contribution in [2.75, 3.05) is 4.72 Å². The van der Waals surface area contributed by atoms with Gasteiger partial charge >= 0.3 is 0 Å². The number of nitrogens with zero attached hydrogens (tertiary/aromatic N) is 4. The topological polar surface area (TPSA) is 89.2 Å². The molecule has 2 heterocycles. The van der Waals surface area contributed by atoms with Crippen LogP contribution in [0, 0.1) is 13.8 Å². The summed E-state index contributed by atoms with van der Waals surface area (Å²) in [6.45, 7) is 3.68. The van der Waals surface area contributed by atoms with E-state index >= 15 is 0 Å². The second-order valence-electron chi connectivity index (χ2n) is 4.73. The van der Waals surface area contributed by atoms with Crippen molar-refractivity contribution in [2.45, 2.75) is 18.7 Å². The predicted molar refractivity (Wildman–Crippen MR) is 77.5 cm³/mol. The molecule has 0 atom stereocenters. The molecule has 21 heavy (non-hydrogen) atoms. The van der Waals surface area contributed by atoms with Gasteiger partial charge in [-0.15, -0.1) is 15.3 Å². The highest BCUT2D eigenvalue weighted by molar-refractivity contribution is 7.92. The van der Waals surface area contributed by atoms with Crippen LogP contribution in [0.15, 0.2) is 41.6 Å². The maximum atomic E-state index is 12.4. The van der Waals surface area contributed by atoms with Crippen molar-refractivity contribution in [2.24, 2.45) is 0 Å². The van der Waals surface area contributed by atoms with Crippen molar-refractivity contribution in [3.05, 3.63) is 47.8 Å². The Morgan fingerprint density at radius 3 is 2.71 bits per heavy atom. The number of aromatic nitrogens is 4. The number of rotatable bonds is 3. The van der Waals surface area contributed by atoms with Gasteiger partial charge in [-0.05, 0) is 37.6 Å². The molecule has 0 radical (unpaired) electrons. The molecule has 7 nitrogen and oxygen atoms in total. The molecular weight excluding hydrogens is 290 g/mol. The van der Waals surface area contributed by atoms with E-state index < -0.39 is 10.0 Å². The van der Waals surface area contributed by atoms with E-state index in [1.54, 1.807) is 31.2 Å². The predicted octanol–water partition coefficient (Wildman–Crippen LogP) is 1.54. The zero-order valence-electron chi connectivity index (χ0n) is 11.5. The van der Waals surface area contributed by atoms with Crippen LogP contribution in [0.2, 0.25) is 0 Å². The molecular formula is C13H13N5O2S. The molecule has 1 N–H and O–H groups in total. The fraction of sp³-hybridized carbons (Fsp3) is 0.154. The van der Waals surface area contributed by atoms with Gasteiger partial charge in [0.25, 0.3) is 10.0 Å². The fourth-order valence-electron chi connectivity index (χ4n) is 2.08. The van der Waals surface area contributed by atoms with Gasteiger partial charge in [-0.2, -0.15) is 4.52 Å². The van der Waals surface area contributed by atoms with Gasteiger partial charge in [-0.3, -0.25) is 4.72 Å². The average molecular weight is 303 g/mol. The van der Waals surface area contributed by atoms with Crippen LogP contribution >= 0.6 is 0 Å². The van der Waals surface area contributed by atoms with Crippen LogP contribution in [0.4, 0.5) is 5.82 Å². The van der Waals surface area contributed by atoms with Crippen molar-refractivity contribution in [1.82, 2.24) is 19.8 Å². The number of fused-ring (bicyclic) bond motifs is 1. The molecule has 0 saturated carbocycles. The van der Waals surface area contributed by atoms with Crippen LogP contribution in [0.1, 0.15) is 11.1 Å². The van der Waals surface area contributed by atoms with Gasteiger partial charge in [0.15, 0.2) is 11.5 Å². The molecule has 3 rings (SSSR count). The normalized spacial score (nSPS) is 11.7. The van der Waals surface area contributed by atoms with E-state index in [4.69, 9.17) is 0 Å². The first-order valence-corrected chi connectivity index (χ1v) is 7.71. The van der Waals surface area contributed by atoms with Gasteiger partial charge in [0.1, 0.15) is 6.33 Å². The van der Waals surface area contributed by atoms with E-state index in [1.165, 1.54) is 10.8 Å². The van der Waals surface area contributed by atoms with Crippen molar-refractivity contribution in [3.8, 4) is 0 Å². The summed E-state index contributed by atoms with van der Waals surface area (Å²) in [6, 6.07) is 8.36. The van der Waals surface area contributed by atoms with E-state index in [0.29, 0.717) is 11.2 Å². The summed E-state index contributed by atoms with van der Waals surface area (Å²) < 4.78 is 28.7. The number of aryl methyl sites for hydroxylation is 2. The Kier molecular flexibility index (Phi) is 3.09. The van der Waals surface area contributed by atoms with Crippen LogP contribution in [0.3, 0.4) is 0 Å². The van der Waals surface area contributed by atoms with Crippen LogP contribution in [-0.2, 0) is 10.0 Å². The van der Waals surface area contributed by atoms with E-state index in [2.05, 4.69) is 20.0 Å². The summed E-state index contributed by atoms with van der Waals surface area (Å²) in [5.41, 5.74) is 2.24. The van der Waals surface area contributed by atoms with Gasteiger partial charge < -0.3 is 0 Å². The van der Waals surface area contributed by atoms with Crippen molar-refractivity contribution >= 4 is 21.5 Å². The number of sulfonamides is 1. The molecule has 0 bridgehead atoms. The molecule has 0 amide bonds. The molecule has 0 saturated heterocycles. The minimum atomic E-state index is -3.68. The van der Waals surface area contributed by atoms with Gasteiger partial charge in [-0.25, -0.2) is 8.42 Å². The van der Waals surface area contributed by atoms with Crippen molar-refractivity contribution in [1.29, 1.82) is 0 Å². The van der Waals surface area contributed by atoms with Crippen LogP contribution < -0.4 is 4.72 Å². The minimum Gasteiger partial charge on any atom is -0.262 e. The lowest BCUT2D eigenvalue weighted by Gasteiger charge is -2.10. The van der Waals surface area contributed by atoms with Crippen LogP contribution in [0.25, 0.3) is 5.65 Å². The molecule has 0 aliphatic carbocycles. The Morgan fingerprint density at radius 1 is 1.14 bits per heavy atom. The molecule has 1 aromatic carbocycles. The molecule has 0 spiro atoms. The molecule has 2 aromatic heterocycles. The van der Waals surface area contributed by atoms with Gasteiger partial charge in [0, 0.05) is 0 Å². The van der Waals surface area contributed by atoms with Gasteiger partial charge in [0.05, 0.1) is 4.90 Å². The number of nitrogens with one attached hydrogen (secondary N) is 1. The monoisotopic (exact) mass is 303 g/mol. The second-order valence-corrected chi connectivity index (χ2v) is 6.38. The summed E-state index contributed by atoms with van der Waals surface area (Å²) in [5.74, 6) is 0.210. The zero-order chi connectivity index (χ0) is 15.0. The number of hydrogen-bond donors (Lipinski definition) is 1. The second kappa shape index (κ2) is 4.81. The fourth-order valence-corrected chi connectivity index (χ4v) is 3.30. The third kappa shape index (κ3) is 2.57. The molecule has 0 unspecified atom stereocenters. The number of benzene rings is 1. The lowest BCUT2D eigenvalue weighted by molar-refractivity contribution is 0.600. The highest BCUT2D eigenvalue weighted by atomic mass is 32.2. The highest BCUT2D eigenvalue weighted by Gasteiger charge is 2.17. The average Bonchev–Trinajstić information content (AvgIpc) is 2.85. The summed E-state index contributed by atoms with van der Waals surface area (Å²) >= 11 is 0. The van der Waals surface area contributed by atoms with E-state index in [9.17, 15) is 8.42 Å². The Morgan fingerprint density at radius 2 is 1.95 bits per heavy atom. The zero-order valence-corrected chi connectivity index (χ0v) is 12.3. The van der Waals surface area contributed by atoms with Crippen molar-refractivity contribution < 1.29 is 8.42 Å². The quantitative estimate of drug-likeness (QED) is 0.792. The first-order valence-electron chi connectivity index (χ1n) is 6.23. The number of anilines is 1. The maximum Gasteiger partial charge on any atom is 0.263 e. The molecule has 8 heteroatoms. The van der Waals surface area contributed by atoms with Gasteiger partial charge in [0.2, 0.25) is 0 Å². The highest BCUT2D eigenvalue weighted by Crippen LogP contribution is 2.19. The van der Waals surface area contributed by atoms with Crippen molar-refractivity contribution in [3.63, 3.8) is 0 Å². The Balaban J connectivity index is 1.98. The lowest BCUT2D eigenvalue weighted by Crippen LogP contribution is -2.16. The van der Waals surface area contributed by atoms with E-state index in [0.717, 1.165) is 5.56 Å². The standard InChI is InChI=1S/C13H13N5O2S/c1-9-3-4-11(10(2)7-9)21(19,20)17-12-5-6-13-15-14-8-18(13)16-12/h3-8H,1-2H3,(H,16,17). The maximum absolute atomic E-state index is 12.4. The van der Waals surface area contributed by atoms with Crippen LogP contribution in [0.5, 0.6) is 0 Å². The Labute approximate surface area is 121 Å². The first-order chi connectivity index (χ1) is 9.95. The largest absolute Gasteiger partial charge is 0.263 e. The van der Waals surface area contributed by atoms with E-state index in [1.807, 2.05) is 13.0 Å². The first kappa shape index (κ1) is 13.5. The molecule has 3 aromatic rings.